The molecule has 80 valence electrons. The number of nitrogens with zero attached hydrogens (tertiary/aromatic N) is 2. The van der Waals surface area contributed by atoms with Gasteiger partial charge in [0, 0.05) is 19.7 Å². The van der Waals surface area contributed by atoms with Crippen molar-refractivity contribution >= 4 is 23.5 Å². The highest BCUT2D eigenvalue weighted by Crippen LogP contribution is 2.12. The summed E-state index contributed by atoms with van der Waals surface area (Å²) in [5.74, 6) is 0.193. The van der Waals surface area contributed by atoms with E-state index in [1.165, 1.54) is 6.21 Å². The van der Waals surface area contributed by atoms with Gasteiger partial charge in [-0.05, 0) is 24.4 Å². The number of hydrogen-bond donors (Lipinski definition) is 2. The minimum Gasteiger partial charge on any atom is -0.507 e. The predicted molar refractivity (Wildman–Crippen MR) is 65.1 cm³/mol. The van der Waals surface area contributed by atoms with Gasteiger partial charge in [0.15, 0.2) is 5.11 Å². The molecule has 0 aromatic heterocycles. The summed E-state index contributed by atoms with van der Waals surface area (Å²) in [5.41, 5.74) is 3.32. The van der Waals surface area contributed by atoms with Gasteiger partial charge >= 0.3 is 0 Å². The fourth-order valence-corrected chi connectivity index (χ4v) is 0.906. The lowest BCUT2D eigenvalue weighted by Crippen LogP contribution is -2.30. The monoisotopic (exact) mass is 223 g/mol. The first-order chi connectivity index (χ1) is 7.11. The molecule has 0 heterocycles. The zero-order chi connectivity index (χ0) is 11.3. The summed E-state index contributed by atoms with van der Waals surface area (Å²) in [6.45, 7) is 0. The van der Waals surface area contributed by atoms with Crippen LogP contribution in [0.2, 0.25) is 0 Å². The molecule has 0 unspecified atom stereocenters. The van der Waals surface area contributed by atoms with Crippen LogP contribution >= 0.6 is 12.2 Å². The Morgan fingerprint density at radius 2 is 2.13 bits per heavy atom. The van der Waals surface area contributed by atoms with E-state index in [1.807, 2.05) is 20.2 Å². The molecule has 0 saturated heterocycles. The number of nitrogens with one attached hydrogen (secondary N) is 1. The van der Waals surface area contributed by atoms with Crippen LogP contribution in [-0.2, 0) is 0 Å². The average Bonchev–Trinajstić information content (AvgIpc) is 2.20. The highest BCUT2D eigenvalue weighted by Gasteiger charge is 1.96. The number of phenols is 1. The van der Waals surface area contributed by atoms with Gasteiger partial charge in [-0.1, -0.05) is 12.1 Å². The van der Waals surface area contributed by atoms with E-state index in [0.717, 1.165) is 0 Å². The first kappa shape index (κ1) is 11.5. The van der Waals surface area contributed by atoms with Crippen molar-refractivity contribution in [3.8, 4) is 5.75 Å². The zero-order valence-corrected chi connectivity index (χ0v) is 9.45. The molecule has 2 N–H and O–H groups in total. The van der Waals surface area contributed by atoms with Gasteiger partial charge < -0.3 is 10.0 Å². The van der Waals surface area contributed by atoms with Gasteiger partial charge in [-0.3, -0.25) is 5.43 Å². The van der Waals surface area contributed by atoms with Crippen molar-refractivity contribution in [3.05, 3.63) is 29.8 Å². The van der Waals surface area contributed by atoms with E-state index >= 15 is 0 Å². The molecule has 0 spiro atoms. The Morgan fingerprint density at radius 1 is 1.47 bits per heavy atom. The van der Waals surface area contributed by atoms with Crippen molar-refractivity contribution in [2.45, 2.75) is 0 Å². The number of para-hydroxylation sites is 1. The van der Waals surface area contributed by atoms with Gasteiger partial charge in [-0.2, -0.15) is 5.10 Å². The Balaban J connectivity index is 2.59. The van der Waals surface area contributed by atoms with Crippen molar-refractivity contribution in [1.29, 1.82) is 0 Å². The topological polar surface area (TPSA) is 47.9 Å². The third kappa shape index (κ3) is 3.55. The third-order valence-corrected chi connectivity index (χ3v) is 2.16. The Morgan fingerprint density at radius 3 is 2.73 bits per heavy atom. The summed E-state index contributed by atoms with van der Waals surface area (Å²) in [4.78, 5) is 1.73. The normalized spacial score (nSPS) is 10.3. The van der Waals surface area contributed by atoms with Crippen LogP contribution in [0.3, 0.4) is 0 Å². The van der Waals surface area contributed by atoms with Crippen LogP contribution in [0.5, 0.6) is 5.75 Å². The van der Waals surface area contributed by atoms with Crippen molar-refractivity contribution in [3.63, 3.8) is 0 Å². The molecule has 4 nitrogen and oxygen atoms in total. The summed E-state index contributed by atoms with van der Waals surface area (Å²) in [7, 11) is 3.65. The fourth-order valence-electron chi connectivity index (χ4n) is 0.854. The van der Waals surface area contributed by atoms with Crippen LogP contribution in [0.1, 0.15) is 5.56 Å². The van der Waals surface area contributed by atoms with E-state index in [1.54, 1.807) is 23.1 Å². The fraction of sp³-hybridized carbons (Fsp3) is 0.200. The molecule has 1 aromatic carbocycles. The number of benzene rings is 1. The Bertz CT molecular complexity index is 377. The number of hydrazone groups is 1. The molecule has 1 aromatic rings. The Hall–Kier alpha value is -1.62. The van der Waals surface area contributed by atoms with Crippen molar-refractivity contribution in [2.75, 3.05) is 14.1 Å². The van der Waals surface area contributed by atoms with E-state index in [0.29, 0.717) is 10.7 Å². The molecule has 0 atom stereocenters. The van der Waals surface area contributed by atoms with Crippen LogP contribution in [0, 0.1) is 0 Å². The summed E-state index contributed by atoms with van der Waals surface area (Å²) in [6.07, 6.45) is 1.52. The second-order valence-corrected chi connectivity index (χ2v) is 3.52. The maximum Gasteiger partial charge on any atom is 0.189 e. The highest BCUT2D eigenvalue weighted by atomic mass is 32.1. The summed E-state index contributed by atoms with van der Waals surface area (Å²) >= 11 is 4.96. The van der Waals surface area contributed by atoms with Gasteiger partial charge in [-0.15, -0.1) is 0 Å². The number of thiocarbonyl (C=S) groups is 1. The van der Waals surface area contributed by atoms with Gasteiger partial charge in [0.2, 0.25) is 0 Å². The zero-order valence-electron chi connectivity index (χ0n) is 8.64. The molecule has 15 heavy (non-hydrogen) atoms. The summed E-state index contributed by atoms with van der Waals surface area (Å²) in [6, 6.07) is 6.95. The quantitative estimate of drug-likeness (QED) is 0.449. The lowest BCUT2D eigenvalue weighted by Gasteiger charge is -2.11. The summed E-state index contributed by atoms with van der Waals surface area (Å²) < 4.78 is 0. The molecule has 5 heteroatoms. The van der Waals surface area contributed by atoms with E-state index in [2.05, 4.69) is 10.5 Å². The predicted octanol–water partition coefficient (Wildman–Crippen LogP) is 1.16. The smallest absolute Gasteiger partial charge is 0.189 e. The van der Waals surface area contributed by atoms with Crippen LogP contribution in [0.15, 0.2) is 29.4 Å². The summed E-state index contributed by atoms with van der Waals surface area (Å²) in [5, 5.41) is 13.8. The molecule has 0 fully saturated rings. The van der Waals surface area contributed by atoms with Gasteiger partial charge in [0.05, 0.1) is 6.21 Å². The maximum atomic E-state index is 9.42. The minimum absolute atomic E-state index is 0.193. The number of rotatable bonds is 2. The number of aromatic hydroxyl groups is 1. The van der Waals surface area contributed by atoms with Crippen LogP contribution in [-0.4, -0.2) is 35.4 Å². The average molecular weight is 223 g/mol. The van der Waals surface area contributed by atoms with Crippen LogP contribution in [0.4, 0.5) is 0 Å². The van der Waals surface area contributed by atoms with Crippen LogP contribution in [0.25, 0.3) is 0 Å². The van der Waals surface area contributed by atoms with E-state index in [4.69, 9.17) is 12.2 Å². The highest BCUT2D eigenvalue weighted by molar-refractivity contribution is 7.80. The molecular formula is C10H13N3OS. The van der Waals surface area contributed by atoms with Crippen LogP contribution < -0.4 is 5.43 Å². The molecule has 0 bridgehead atoms. The van der Waals surface area contributed by atoms with Gasteiger partial charge in [-0.25, -0.2) is 0 Å². The minimum atomic E-state index is 0.193. The second-order valence-electron chi connectivity index (χ2n) is 3.13. The van der Waals surface area contributed by atoms with E-state index in [9.17, 15) is 5.11 Å². The molecule has 0 aliphatic rings. The second kappa shape index (κ2) is 5.31. The number of phenolic OH excluding ortho intramolecular Hbond substituents is 1. The molecular weight excluding hydrogens is 210 g/mol. The first-order valence-electron chi connectivity index (χ1n) is 4.39. The number of hydrogen-bond acceptors (Lipinski definition) is 3. The molecule has 0 aliphatic carbocycles. The van der Waals surface area contributed by atoms with Crippen molar-refractivity contribution in [1.82, 2.24) is 10.3 Å². The lowest BCUT2D eigenvalue weighted by molar-refractivity contribution is 0.474. The SMILES string of the molecule is CN(C)C(=S)N/N=C/c1ccccc1O. The standard InChI is InChI=1S/C10H13N3OS/c1-13(2)10(15)12-11-7-8-5-3-4-6-9(8)14/h3-7,14H,1-2H3,(H,12,15)/b11-7+. The van der Waals surface area contributed by atoms with E-state index < -0.39 is 0 Å². The molecule has 0 aliphatic heterocycles. The van der Waals surface area contributed by atoms with Gasteiger partial charge in [0.1, 0.15) is 5.75 Å². The third-order valence-electron chi connectivity index (χ3n) is 1.71. The molecule has 0 amide bonds. The first-order valence-corrected chi connectivity index (χ1v) is 4.80. The van der Waals surface area contributed by atoms with E-state index in [-0.39, 0.29) is 5.75 Å². The Kier molecular flexibility index (Phi) is 4.05. The van der Waals surface area contributed by atoms with Crippen molar-refractivity contribution < 1.29 is 5.11 Å². The van der Waals surface area contributed by atoms with Gasteiger partial charge in [0.25, 0.3) is 0 Å². The lowest BCUT2D eigenvalue weighted by atomic mass is 10.2. The largest absolute Gasteiger partial charge is 0.507 e. The Labute approximate surface area is 94.2 Å². The maximum absolute atomic E-state index is 9.42. The molecule has 0 radical (unpaired) electrons. The molecule has 0 saturated carbocycles. The molecule has 1 rings (SSSR count). The van der Waals surface area contributed by atoms with Crippen molar-refractivity contribution in [2.24, 2.45) is 5.10 Å².